The Bertz CT molecular complexity index is 1310. The summed E-state index contributed by atoms with van der Waals surface area (Å²) in [5.74, 6) is 0.978. The lowest BCUT2D eigenvalue weighted by Crippen LogP contribution is -2.13. The summed E-state index contributed by atoms with van der Waals surface area (Å²) in [5.41, 5.74) is 2.17. The number of aromatic amines is 2. The van der Waals surface area contributed by atoms with E-state index in [-0.39, 0.29) is 24.4 Å². The maximum atomic E-state index is 13.1. The van der Waals surface area contributed by atoms with Crippen molar-refractivity contribution >= 4 is 0 Å². The highest BCUT2D eigenvalue weighted by atomic mass is 19.4. The van der Waals surface area contributed by atoms with E-state index in [9.17, 15) is 18.0 Å². The van der Waals surface area contributed by atoms with Gasteiger partial charge in [-0.25, -0.2) is 0 Å². The van der Waals surface area contributed by atoms with E-state index in [4.69, 9.17) is 4.74 Å². The summed E-state index contributed by atoms with van der Waals surface area (Å²) in [6.45, 7) is 4.85. The van der Waals surface area contributed by atoms with Crippen molar-refractivity contribution in [2.24, 2.45) is 5.92 Å². The number of benzene rings is 1. The molecule has 0 amide bonds. The number of nitrogens with one attached hydrogen (secondary N) is 2. The Morgan fingerprint density at radius 1 is 1.14 bits per heavy atom. The quantitative estimate of drug-likeness (QED) is 0.337. The van der Waals surface area contributed by atoms with Crippen LogP contribution < -0.4 is 10.3 Å². The van der Waals surface area contributed by atoms with Gasteiger partial charge in [0.15, 0.2) is 0 Å². The lowest BCUT2D eigenvalue weighted by Gasteiger charge is -2.10. The second-order valence-corrected chi connectivity index (χ2v) is 8.44. The Hall–Kier alpha value is -3.96. The molecule has 35 heavy (non-hydrogen) atoms. The number of nitrogens with zero attached hydrogens (tertiary/aromatic N) is 5. The molecule has 0 saturated carbocycles. The lowest BCUT2D eigenvalue weighted by atomic mass is 10.0. The van der Waals surface area contributed by atoms with E-state index in [1.807, 2.05) is 16.9 Å². The predicted molar refractivity (Wildman–Crippen MR) is 123 cm³/mol. The molecular formula is C23H24F3N7O2. The van der Waals surface area contributed by atoms with Crippen LogP contribution in [0.3, 0.4) is 0 Å². The standard InChI is InChI=1S/C23H24F3N7O2/c1-14(2)13-33-10-8-18(30-33)17-12-19(27-22(34)20(17)21-28-31-32-29-21)15-4-6-16(7-5-15)35-11-3-9-23(24,25)26/h4-8,10,12,14H,3,9,11,13H2,1-2H3,(H,27,34)(H,28,29,31,32). The number of rotatable bonds is 9. The normalized spacial score (nSPS) is 11.8. The Kier molecular flexibility index (Phi) is 6.99. The number of H-pyrrole nitrogens is 2. The topological polar surface area (TPSA) is 114 Å². The van der Waals surface area contributed by atoms with Gasteiger partial charge in [0.1, 0.15) is 5.75 Å². The summed E-state index contributed by atoms with van der Waals surface area (Å²) < 4.78 is 44.1. The molecule has 0 radical (unpaired) electrons. The number of aromatic nitrogens is 7. The van der Waals surface area contributed by atoms with Crippen LogP contribution >= 0.6 is 0 Å². The molecular weight excluding hydrogens is 463 g/mol. The van der Waals surface area contributed by atoms with Crippen molar-refractivity contribution in [2.75, 3.05) is 6.61 Å². The van der Waals surface area contributed by atoms with Crippen LogP contribution in [-0.4, -0.2) is 48.2 Å². The Labute approximate surface area is 198 Å². The molecule has 3 aromatic heterocycles. The highest BCUT2D eigenvalue weighted by Crippen LogP contribution is 2.30. The van der Waals surface area contributed by atoms with E-state index < -0.39 is 18.2 Å². The summed E-state index contributed by atoms with van der Waals surface area (Å²) in [5, 5.41) is 18.5. The summed E-state index contributed by atoms with van der Waals surface area (Å²) >= 11 is 0. The van der Waals surface area contributed by atoms with E-state index >= 15 is 0 Å². The molecule has 0 unspecified atom stereocenters. The maximum Gasteiger partial charge on any atom is 0.389 e. The molecule has 0 aliphatic carbocycles. The number of ether oxygens (including phenoxy) is 1. The first-order valence-corrected chi connectivity index (χ1v) is 11.0. The predicted octanol–water partition coefficient (Wildman–Crippen LogP) is 4.46. The Morgan fingerprint density at radius 2 is 1.91 bits per heavy atom. The van der Waals surface area contributed by atoms with Crippen LogP contribution in [0.25, 0.3) is 33.9 Å². The zero-order valence-electron chi connectivity index (χ0n) is 19.1. The molecule has 3 heterocycles. The minimum atomic E-state index is -4.20. The van der Waals surface area contributed by atoms with Gasteiger partial charge in [-0.2, -0.15) is 23.5 Å². The molecule has 2 N–H and O–H groups in total. The van der Waals surface area contributed by atoms with E-state index in [1.165, 1.54) is 0 Å². The Balaban J connectivity index is 1.63. The van der Waals surface area contributed by atoms with Gasteiger partial charge in [0.2, 0.25) is 5.82 Å². The van der Waals surface area contributed by atoms with E-state index in [1.54, 1.807) is 30.3 Å². The van der Waals surface area contributed by atoms with E-state index in [0.29, 0.717) is 34.2 Å². The molecule has 4 aromatic rings. The van der Waals surface area contributed by atoms with E-state index in [0.717, 1.165) is 6.54 Å². The second-order valence-electron chi connectivity index (χ2n) is 8.44. The van der Waals surface area contributed by atoms with Crippen molar-refractivity contribution in [3.8, 4) is 39.7 Å². The molecule has 0 atom stereocenters. The van der Waals surface area contributed by atoms with Gasteiger partial charge in [0.25, 0.3) is 5.56 Å². The van der Waals surface area contributed by atoms with Crippen LogP contribution in [0.1, 0.15) is 26.7 Å². The van der Waals surface area contributed by atoms with Gasteiger partial charge in [-0.3, -0.25) is 9.48 Å². The van der Waals surface area contributed by atoms with Crippen molar-refractivity contribution in [3.05, 3.63) is 52.9 Å². The summed E-state index contributed by atoms with van der Waals surface area (Å²) in [6.07, 6.45) is -3.37. The summed E-state index contributed by atoms with van der Waals surface area (Å²) in [7, 11) is 0. The fourth-order valence-electron chi connectivity index (χ4n) is 3.58. The van der Waals surface area contributed by atoms with Gasteiger partial charge in [0, 0.05) is 30.4 Å². The average molecular weight is 487 g/mol. The highest BCUT2D eigenvalue weighted by Gasteiger charge is 2.26. The molecule has 0 aliphatic rings. The van der Waals surface area contributed by atoms with Gasteiger partial charge in [0.05, 0.1) is 17.9 Å². The third-order valence-electron chi connectivity index (χ3n) is 5.11. The van der Waals surface area contributed by atoms with Gasteiger partial charge >= 0.3 is 6.18 Å². The number of halogens is 3. The molecule has 0 bridgehead atoms. The van der Waals surface area contributed by atoms with Crippen LogP contribution in [0.15, 0.2) is 47.4 Å². The highest BCUT2D eigenvalue weighted by molar-refractivity contribution is 5.81. The zero-order chi connectivity index (χ0) is 25.0. The largest absolute Gasteiger partial charge is 0.494 e. The molecule has 0 spiro atoms. The van der Waals surface area contributed by atoms with Crippen molar-refractivity contribution in [3.63, 3.8) is 0 Å². The van der Waals surface area contributed by atoms with Crippen molar-refractivity contribution in [1.29, 1.82) is 0 Å². The minimum Gasteiger partial charge on any atom is -0.494 e. The number of hydrogen-bond donors (Lipinski definition) is 2. The fourth-order valence-corrected chi connectivity index (χ4v) is 3.58. The molecule has 12 heteroatoms. The van der Waals surface area contributed by atoms with Gasteiger partial charge in [-0.1, -0.05) is 13.8 Å². The van der Waals surface area contributed by atoms with Crippen LogP contribution in [0.4, 0.5) is 13.2 Å². The third-order valence-corrected chi connectivity index (χ3v) is 5.11. The maximum absolute atomic E-state index is 13.1. The van der Waals surface area contributed by atoms with Crippen molar-refractivity contribution < 1.29 is 17.9 Å². The first-order valence-electron chi connectivity index (χ1n) is 11.0. The average Bonchev–Trinajstić information content (AvgIpc) is 3.48. The molecule has 0 aliphatic heterocycles. The van der Waals surface area contributed by atoms with Crippen LogP contribution in [0.5, 0.6) is 5.75 Å². The Morgan fingerprint density at radius 3 is 2.57 bits per heavy atom. The fraction of sp³-hybridized carbons (Fsp3) is 0.348. The number of tetrazole rings is 1. The van der Waals surface area contributed by atoms with Gasteiger partial charge < -0.3 is 9.72 Å². The van der Waals surface area contributed by atoms with Crippen LogP contribution in [0, 0.1) is 5.92 Å². The first kappa shape index (κ1) is 24.2. The molecule has 0 fully saturated rings. The molecule has 1 aromatic carbocycles. The monoisotopic (exact) mass is 487 g/mol. The van der Waals surface area contributed by atoms with Crippen molar-refractivity contribution in [1.82, 2.24) is 35.4 Å². The third kappa shape index (κ3) is 6.14. The second kappa shape index (κ2) is 10.1. The van der Waals surface area contributed by atoms with Crippen LogP contribution in [-0.2, 0) is 6.54 Å². The first-order chi connectivity index (χ1) is 16.7. The minimum absolute atomic E-state index is 0.0434. The molecule has 0 saturated heterocycles. The van der Waals surface area contributed by atoms with Gasteiger partial charge in [-0.15, -0.1) is 10.2 Å². The lowest BCUT2D eigenvalue weighted by molar-refractivity contribution is -0.136. The number of hydrogen-bond acceptors (Lipinski definition) is 6. The SMILES string of the molecule is CC(C)Cn1ccc(-c2cc(-c3ccc(OCCCC(F)(F)F)cc3)[nH]c(=O)c2-c2nn[nH]n2)n1. The summed E-state index contributed by atoms with van der Waals surface area (Å²) in [4.78, 5) is 15.9. The van der Waals surface area contributed by atoms with Crippen LogP contribution in [0.2, 0.25) is 0 Å². The number of pyridine rings is 1. The smallest absolute Gasteiger partial charge is 0.389 e. The van der Waals surface area contributed by atoms with E-state index in [2.05, 4.69) is 44.6 Å². The zero-order valence-corrected chi connectivity index (χ0v) is 19.1. The molecule has 9 nitrogen and oxygen atoms in total. The van der Waals surface area contributed by atoms with Crippen molar-refractivity contribution in [2.45, 2.75) is 39.4 Å². The molecule has 184 valence electrons. The number of alkyl halides is 3. The molecule has 4 rings (SSSR count). The summed E-state index contributed by atoms with van der Waals surface area (Å²) in [6, 6.07) is 10.3. The van der Waals surface area contributed by atoms with Gasteiger partial charge in [-0.05, 0) is 59.5 Å².